The van der Waals surface area contributed by atoms with Gasteiger partial charge in [0.1, 0.15) is 0 Å². The summed E-state index contributed by atoms with van der Waals surface area (Å²) in [6, 6.07) is 19.5. The monoisotopic (exact) mass is 524 g/mol. The van der Waals surface area contributed by atoms with E-state index in [2.05, 4.69) is 15.5 Å². The van der Waals surface area contributed by atoms with Crippen molar-refractivity contribution in [2.75, 3.05) is 10.6 Å². The number of amides is 1. The smallest absolute Gasteiger partial charge is 0.251 e. The molecule has 1 aromatic heterocycles. The number of rotatable bonds is 8. The molecule has 1 amide bonds. The van der Waals surface area contributed by atoms with E-state index in [9.17, 15) is 13.2 Å². The minimum Gasteiger partial charge on any atom is -0.343 e. The lowest BCUT2D eigenvalue weighted by atomic mass is 10.1. The Labute approximate surface area is 215 Å². The number of aryl methyl sites for hydroxylation is 2. The minimum atomic E-state index is -3.52. The molecule has 0 bridgehead atoms. The molecule has 0 saturated heterocycles. The first-order valence-electron chi connectivity index (χ1n) is 11.1. The highest BCUT2D eigenvalue weighted by Gasteiger charge is 2.20. The highest BCUT2D eigenvalue weighted by molar-refractivity contribution is 7.92. The Bertz CT molecular complexity index is 1480. The Balaban J connectivity index is 1.41. The molecule has 0 fully saturated rings. The molecule has 8 nitrogen and oxygen atoms in total. The lowest BCUT2D eigenvalue weighted by Gasteiger charge is -2.25. The van der Waals surface area contributed by atoms with Gasteiger partial charge < -0.3 is 9.84 Å². The van der Waals surface area contributed by atoms with Crippen molar-refractivity contribution in [3.8, 4) is 11.4 Å². The topological polar surface area (TPSA) is 105 Å². The highest BCUT2D eigenvalue weighted by Crippen LogP contribution is 2.26. The Kier molecular flexibility index (Phi) is 7.42. The quantitative estimate of drug-likeness (QED) is 0.351. The third kappa shape index (κ3) is 6.10. The van der Waals surface area contributed by atoms with Crippen LogP contribution in [0.15, 0.2) is 71.3 Å². The molecule has 4 rings (SSSR count). The molecule has 0 unspecified atom stereocenters. The van der Waals surface area contributed by atoms with Gasteiger partial charge >= 0.3 is 0 Å². The van der Waals surface area contributed by atoms with E-state index in [4.69, 9.17) is 16.1 Å². The molecule has 0 aliphatic rings. The Morgan fingerprint density at radius 1 is 1.03 bits per heavy atom. The van der Waals surface area contributed by atoms with E-state index in [-0.39, 0.29) is 24.9 Å². The van der Waals surface area contributed by atoms with Gasteiger partial charge in [-0.05, 0) is 73.0 Å². The maximum absolute atomic E-state index is 12.6. The third-order valence-electron chi connectivity index (χ3n) is 5.55. The van der Waals surface area contributed by atoms with Gasteiger partial charge in [-0.15, -0.1) is 0 Å². The van der Waals surface area contributed by atoms with Gasteiger partial charge in [-0.3, -0.25) is 9.10 Å². The zero-order valence-electron chi connectivity index (χ0n) is 20.0. The zero-order valence-corrected chi connectivity index (χ0v) is 21.6. The molecule has 0 radical (unpaired) electrons. The third-order valence-corrected chi connectivity index (χ3v) is 6.93. The maximum Gasteiger partial charge on any atom is 0.251 e. The summed E-state index contributed by atoms with van der Waals surface area (Å²) in [4.78, 5) is 16.9. The number of carbonyl (C=O) groups excluding carboxylic acids is 1. The Hall–Kier alpha value is -3.69. The summed E-state index contributed by atoms with van der Waals surface area (Å²) in [6.07, 6.45) is 1.19. The molecule has 1 heterocycles. The SMILES string of the molecule is Cc1ccc(C)c(N(Cc2ccc(C(=O)NCc3nc(-c4ccc(Cl)cc4)no3)cc2)S(C)(=O)=O)c1. The molecule has 3 aromatic carbocycles. The maximum atomic E-state index is 12.6. The average molecular weight is 525 g/mol. The molecule has 0 aliphatic heterocycles. The van der Waals surface area contributed by atoms with Crippen molar-refractivity contribution in [2.24, 2.45) is 0 Å². The molecular formula is C26H25ClN4O4S. The van der Waals surface area contributed by atoms with Gasteiger partial charge in [-0.2, -0.15) is 4.98 Å². The number of halogens is 1. The van der Waals surface area contributed by atoms with E-state index in [1.165, 1.54) is 10.6 Å². The van der Waals surface area contributed by atoms with E-state index < -0.39 is 10.0 Å². The first kappa shape index (κ1) is 25.4. The number of benzene rings is 3. The van der Waals surface area contributed by atoms with Crippen LogP contribution in [-0.2, 0) is 23.1 Å². The fraction of sp³-hybridized carbons (Fsp3) is 0.192. The molecule has 1 N–H and O–H groups in total. The van der Waals surface area contributed by atoms with Crippen molar-refractivity contribution in [1.29, 1.82) is 0 Å². The summed E-state index contributed by atoms with van der Waals surface area (Å²) in [5.74, 6) is 0.351. The lowest BCUT2D eigenvalue weighted by molar-refractivity contribution is 0.0946. The van der Waals surface area contributed by atoms with Crippen molar-refractivity contribution >= 4 is 33.2 Å². The second-order valence-electron chi connectivity index (χ2n) is 8.46. The van der Waals surface area contributed by atoms with Crippen LogP contribution < -0.4 is 9.62 Å². The molecule has 10 heteroatoms. The summed E-state index contributed by atoms with van der Waals surface area (Å²) >= 11 is 5.90. The van der Waals surface area contributed by atoms with E-state index >= 15 is 0 Å². The van der Waals surface area contributed by atoms with Gasteiger partial charge in [0.2, 0.25) is 21.7 Å². The molecule has 0 saturated carbocycles. The summed E-state index contributed by atoms with van der Waals surface area (Å²) in [7, 11) is -3.52. The van der Waals surface area contributed by atoms with Crippen LogP contribution in [-0.4, -0.2) is 30.7 Å². The molecule has 186 valence electrons. The molecule has 0 atom stereocenters. The van der Waals surface area contributed by atoms with Gasteiger partial charge in [0.15, 0.2) is 0 Å². The number of sulfonamides is 1. The second-order valence-corrected chi connectivity index (χ2v) is 10.8. The summed E-state index contributed by atoms with van der Waals surface area (Å²) in [6.45, 7) is 4.02. The van der Waals surface area contributed by atoms with Crippen LogP contribution in [0.1, 0.15) is 32.9 Å². The van der Waals surface area contributed by atoms with Crippen LogP contribution in [0.2, 0.25) is 5.02 Å². The number of hydrogen-bond acceptors (Lipinski definition) is 6. The van der Waals surface area contributed by atoms with Crippen LogP contribution in [0.5, 0.6) is 0 Å². The predicted molar refractivity (Wildman–Crippen MR) is 139 cm³/mol. The second kappa shape index (κ2) is 10.5. The summed E-state index contributed by atoms with van der Waals surface area (Å²) in [5.41, 5.74) is 4.40. The number of hydrogen-bond donors (Lipinski definition) is 1. The van der Waals surface area contributed by atoms with Crippen molar-refractivity contribution in [2.45, 2.75) is 26.9 Å². The standard InChI is InChI=1S/C26H25ClN4O4S/c1-17-4-5-18(2)23(14-17)31(36(3,33)34)16-19-6-8-21(9-7-19)26(32)28-15-24-29-25(30-35-24)20-10-12-22(27)13-11-20/h4-14H,15-16H2,1-3H3,(H,28,32). The zero-order chi connectivity index (χ0) is 25.9. The van der Waals surface area contributed by atoms with Gasteiger partial charge in [-0.25, -0.2) is 8.42 Å². The van der Waals surface area contributed by atoms with Gasteiger partial charge in [0.25, 0.3) is 5.91 Å². The minimum absolute atomic E-state index is 0.0651. The number of anilines is 1. The van der Waals surface area contributed by atoms with E-state index in [0.717, 1.165) is 22.3 Å². The Morgan fingerprint density at radius 3 is 2.39 bits per heavy atom. The van der Waals surface area contributed by atoms with Crippen molar-refractivity contribution in [3.05, 3.63) is 99.9 Å². The number of carbonyl (C=O) groups is 1. The largest absolute Gasteiger partial charge is 0.343 e. The van der Waals surface area contributed by atoms with Crippen molar-refractivity contribution in [1.82, 2.24) is 15.5 Å². The molecular weight excluding hydrogens is 500 g/mol. The first-order valence-corrected chi connectivity index (χ1v) is 13.3. The molecule has 4 aromatic rings. The van der Waals surface area contributed by atoms with E-state index in [1.54, 1.807) is 48.5 Å². The van der Waals surface area contributed by atoms with Gasteiger partial charge in [0, 0.05) is 16.1 Å². The van der Waals surface area contributed by atoms with Crippen LogP contribution in [0.3, 0.4) is 0 Å². The molecule has 36 heavy (non-hydrogen) atoms. The highest BCUT2D eigenvalue weighted by atomic mass is 35.5. The fourth-order valence-corrected chi connectivity index (χ4v) is 4.66. The van der Waals surface area contributed by atoms with Gasteiger partial charge in [-0.1, -0.05) is 41.0 Å². The molecule has 0 spiro atoms. The average Bonchev–Trinajstić information content (AvgIpc) is 3.32. The number of aromatic nitrogens is 2. The van der Waals surface area contributed by atoms with Crippen molar-refractivity contribution < 1.29 is 17.7 Å². The molecule has 0 aliphatic carbocycles. The van der Waals surface area contributed by atoms with Crippen LogP contribution >= 0.6 is 11.6 Å². The fourth-order valence-electron chi connectivity index (χ4n) is 3.60. The van der Waals surface area contributed by atoms with Crippen LogP contribution in [0.25, 0.3) is 11.4 Å². The summed E-state index contributed by atoms with van der Waals surface area (Å²) in [5, 5.41) is 7.29. The van der Waals surface area contributed by atoms with Crippen molar-refractivity contribution in [3.63, 3.8) is 0 Å². The van der Waals surface area contributed by atoms with Crippen LogP contribution in [0.4, 0.5) is 5.69 Å². The number of nitrogens with one attached hydrogen (secondary N) is 1. The first-order chi connectivity index (χ1) is 17.1. The van der Waals surface area contributed by atoms with Crippen LogP contribution in [0, 0.1) is 13.8 Å². The predicted octanol–water partition coefficient (Wildman–Crippen LogP) is 4.90. The van der Waals surface area contributed by atoms with Gasteiger partial charge in [0.05, 0.1) is 25.0 Å². The lowest BCUT2D eigenvalue weighted by Crippen LogP contribution is -2.30. The van der Waals surface area contributed by atoms with E-state index in [0.29, 0.717) is 22.1 Å². The normalized spacial score (nSPS) is 11.3. The summed E-state index contributed by atoms with van der Waals surface area (Å²) < 4.78 is 31.7. The van der Waals surface area contributed by atoms with E-state index in [1.807, 2.05) is 32.0 Å². The Morgan fingerprint density at radius 2 is 1.72 bits per heavy atom. The number of nitrogens with zero attached hydrogens (tertiary/aromatic N) is 3.